The number of pyridine rings is 1. The van der Waals surface area contributed by atoms with Gasteiger partial charge in [0, 0.05) is 32.5 Å². The molecule has 2 aromatic heterocycles. The summed E-state index contributed by atoms with van der Waals surface area (Å²) in [6.07, 6.45) is 3.51. The fourth-order valence-electron chi connectivity index (χ4n) is 1.88. The van der Waals surface area contributed by atoms with Crippen molar-refractivity contribution < 1.29 is 4.79 Å². The number of anilines is 2. The van der Waals surface area contributed by atoms with Crippen LogP contribution in [0.25, 0.3) is 0 Å². The second-order valence-electron chi connectivity index (χ2n) is 4.20. The molecule has 0 bridgehead atoms. The van der Waals surface area contributed by atoms with E-state index in [9.17, 15) is 4.79 Å². The summed E-state index contributed by atoms with van der Waals surface area (Å²) in [7, 11) is 1.59. The highest BCUT2D eigenvalue weighted by Crippen LogP contribution is 2.31. The third-order valence-corrected chi connectivity index (χ3v) is 3.87. The van der Waals surface area contributed by atoms with Crippen LogP contribution in [-0.2, 0) is 6.54 Å². The number of carbonyl (C=O) groups is 1. The van der Waals surface area contributed by atoms with Crippen LogP contribution in [0.3, 0.4) is 0 Å². The second kappa shape index (κ2) is 6.33. The molecule has 1 amide bonds. The number of nitrogens with zero attached hydrogens (tertiary/aromatic N) is 3. The number of carbonyl (C=O) groups excluding carboxylic acids is 1. The molecule has 2 heterocycles. The van der Waals surface area contributed by atoms with Crippen LogP contribution in [0, 0.1) is 0 Å². The first kappa shape index (κ1) is 14.3. The fraction of sp³-hybridized carbons (Fsp3) is 0.308. The zero-order valence-corrected chi connectivity index (χ0v) is 12.3. The van der Waals surface area contributed by atoms with E-state index >= 15 is 0 Å². The number of nitrogens with two attached hydrogens (primary N) is 1. The van der Waals surface area contributed by atoms with Gasteiger partial charge < -0.3 is 16.0 Å². The number of aromatic nitrogens is 2. The van der Waals surface area contributed by atoms with Crippen LogP contribution in [0.1, 0.15) is 22.8 Å². The molecule has 2 aromatic rings. The summed E-state index contributed by atoms with van der Waals surface area (Å²) in [5.74, 6) is 0.0666. The Hall–Kier alpha value is -2.15. The molecule has 0 aromatic carbocycles. The van der Waals surface area contributed by atoms with Crippen LogP contribution in [0.5, 0.6) is 0 Å². The molecular weight excluding hydrogens is 274 g/mol. The zero-order chi connectivity index (χ0) is 14.5. The molecule has 0 spiro atoms. The van der Waals surface area contributed by atoms with E-state index in [0.29, 0.717) is 12.1 Å². The number of amides is 1. The SMILES string of the molecule is CCN(Cc1ccncc1)c1snc(N)c1C(=O)NC. The lowest BCUT2D eigenvalue weighted by Gasteiger charge is -2.22. The summed E-state index contributed by atoms with van der Waals surface area (Å²) in [5.41, 5.74) is 7.38. The standard InChI is InChI=1S/C13H17N5OS/c1-3-18(8-9-4-6-16-7-5-9)13-10(12(19)15-2)11(14)17-20-13/h4-7H,3,8H2,1-2H3,(H2,14,17)(H,15,19). The minimum absolute atomic E-state index is 0.209. The minimum atomic E-state index is -0.209. The van der Waals surface area contributed by atoms with Gasteiger partial charge in [-0.25, -0.2) is 0 Å². The first-order chi connectivity index (χ1) is 9.67. The van der Waals surface area contributed by atoms with E-state index < -0.39 is 0 Å². The van der Waals surface area contributed by atoms with Crippen LogP contribution in [0.2, 0.25) is 0 Å². The van der Waals surface area contributed by atoms with Crippen molar-refractivity contribution in [2.24, 2.45) is 0 Å². The summed E-state index contributed by atoms with van der Waals surface area (Å²) < 4.78 is 4.10. The fourth-order valence-corrected chi connectivity index (χ4v) is 2.76. The molecule has 0 aliphatic heterocycles. The van der Waals surface area contributed by atoms with Gasteiger partial charge in [0.1, 0.15) is 10.6 Å². The largest absolute Gasteiger partial charge is 0.382 e. The van der Waals surface area contributed by atoms with Gasteiger partial charge in [0.15, 0.2) is 5.82 Å². The van der Waals surface area contributed by atoms with Crippen molar-refractivity contribution in [2.75, 3.05) is 24.2 Å². The summed E-state index contributed by atoms with van der Waals surface area (Å²) in [5, 5.41) is 3.40. The Morgan fingerprint density at radius 1 is 1.45 bits per heavy atom. The number of hydrogen-bond donors (Lipinski definition) is 2. The average molecular weight is 291 g/mol. The Balaban J connectivity index is 2.31. The first-order valence-electron chi connectivity index (χ1n) is 6.28. The lowest BCUT2D eigenvalue weighted by Crippen LogP contribution is -2.26. The van der Waals surface area contributed by atoms with Crippen molar-refractivity contribution in [1.82, 2.24) is 14.7 Å². The lowest BCUT2D eigenvalue weighted by molar-refractivity contribution is 0.0964. The molecule has 0 saturated carbocycles. The van der Waals surface area contributed by atoms with Gasteiger partial charge in [-0.1, -0.05) is 0 Å². The normalized spacial score (nSPS) is 10.3. The van der Waals surface area contributed by atoms with Crippen LogP contribution in [0.15, 0.2) is 24.5 Å². The van der Waals surface area contributed by atoms with E-state index in [-0.39, 0.29) is 11.7 Å². The van der Waals surface area contributed by atoms with E-state index in [1.165, 1.54) is 11.5 Å². The van der Waals surface area contributed by atoms with Crippen LogP contribution < -0.4 is 16.0 Å². The van der Waals surface area contributed by atoms with Crippen molar-refractivity contribution >= 4 is 28.3 Å². The smallest absolute Gasteiger partial charge is 0.257 e. The van der Waals surface area contributed by atoms with Gasteiger partial charge >= 0.3 is 0 Å². The topological polar surface area (TPSA) is 84.1 Å². The highest BCUT2D eigenvalue weighted by molar-refractivity contribution is 7.11. The maximum atomic E-state index is 11.9. The Bertz CT molecular complexity index is 584. The highest BCUT2D eigenvalue weighted by Gasteiger charge is 2.22. The minimum Gasteiger partial charge on any atom is -0.382 e. The van der Waals surface area contributed by atoms with Gasteiger partial charge in [0.25, 0.3) is 5.91 Å². The van der Waals surface area contributed by atoms with Crippen molar-refractivity contribution in [3.05, 3.63) is 35.7 Å². The maximum absolute atomic E-state index is 11.9. The summed E-state index contributed by atoms with van der Waals surface area (Å²) in [6, 6.07) is 3.90. The lowest BCUT2D eigenvalue weighted by atomic mass is 10.2. The molecule has 0 saturated heterocycles. The molecule has 0 aliphatic rings. The van der Waals surface area contributed by atoms with Crippen LogP contribution in [-0.4, -0.2) is 28.9 Å². The van der Waals surface area contributed by atoms with Gasteiger partial charge in [-0.05, 0) is 36.2 Å². The van der Waals surface area contributed by atoms with Crippen LogP contribution >= 0.6 is 11.5 Å². The maximum Gasteiger partial charge on any atom is 0.257 e. The van der Waals surface area contributed by atoms with E-state index in [4.69, 9.17) is 5.73 Å². The second-order valence-corrected chi connectivity index (χ2v) is 4.95. The highest BCUT2D eigenvalue weighted by atomic mass is 32.1. The molecule has 0 atom stereocenters. The van der Waals surface area contributed by atoms with Crippen LogP contribution in [0.4, 0.5) is 10.8 Å². The number of hydrogen-bond acceptors (Lipinski definition) is 6. The van der Waals surface area contributed by atoms with Crippen molar-refractivity contribution in [2.45, 2.75) is 13.5 Å². The molecular formula is C13H17N5OS. The third-order valence-electron chi connectivity index (χ3n) is 2.95. The molecule has 0 radical (unpaired) electrons. The Morgan fingerprint density at radius 2 is 2.15 bits per heavy atom. The first-order valence-corrected chi connectivity index (χ1v) is 7.05. The van der Waals surface area contributed by atoms with E-state index in [0.717, 1.165) is 17.1 Å². The predicted octanol–water partition coefficient (Wildman–Crippen LogP) is 1.51. The van der Waals surface area contributed by atoms with E-state index in [2.05, 4.69) is 19.6 Å². The molecule has 106 valence electrons. The van der Waals surface area contributed by atoms with Crippen molar-refractivity contribution in [3.63, 3.8) is 0 Å². The molecule has 20 heavy (non-hydrogen) atoms. The molecule has 3 N–H and O–H groups in total. The zero-order valence-electron chi connectivity index (χ0n) is 11.5. The summed E-state index contributed by atoms with van der Waals surface area (Å²) in [6.45, 7) is 3.48. The van der Waals surface area contributed by atoms with Gasteiger partial charge in [0.05, 0.1) is 0 Å². The summed E-state index contributed by atoms with van der Waals surface area (Å²) >= 11 is 1.25. The third kappa shape index (κ3) is 2.88. The Kier molecular flexibility index (Phi) is 4.52. The van der Waals surface area contributed by atoms with Gasteiger partial charge in [-0.2, -0.15) is 4.37 Å². The molecule has 7 heteroatoms. The molecule has 6 nitrogen and oxygen atoms in total. The van der Waals surface area contributed by atoms with Crippen molar-refractivity contribution in [1.29, 1.82) is 0 Å². The Morgan fingerprint density at radius 3 is 2.75 bits per heavy atom. The number of nitrogen functional groups attached to an aromatic ring is 1. The quantitative estimate of drug-likeness (QED) is 0.872. The van der Waals surface area contributed by atoms with Gasteiger partial charge in [-0.3, -0.25) is 9.78 Å². The molecule has 0 unspecified atom stereocenters. The average Bonchev–Trinajstić information content (AvgIpc) is 2.86. The van der Waals surface area contributed by atoms with Crippen molar-refractivity contribution in [3.8, 4) is 0 Å². The summed E-state index contributed by atoms with van der Waals surface area (Å²) in [4.78, 5) is 18.0. The molecule has 0 aliphatic carbocycles. The van der Waals surface area contributed by atoms with Gasteiger partial charge in [-0.15, -0.1) is 0 Å². The number of rotatable bonds is 5. The van der Waals surface area contributed by atoms with E-state index in [1.807, 2.05) is 19.1 Å². The number of nitrogens with one attached hydrogen (secondary N) is 1. The molecule has 0 fully saturated rings. The monoisotopic (exact) mass is 291 g/mol. The van der Waals surface area contributed by atoms with Gasteiger partial charge in [0.2, 0.25) is 0 Å². The molecule has 2 rings (SSSR count). The predicted molar refractivity (Wildman–Crippen MR) is 80.9 cm³/mol. The van der Waals surface area contributed by atoms with E-state index in [1.54, 1.807) is 19.4 Å². The Labute approximate surface area is 121 Å².